The first kappa shape index (κ1) is 13.2. The highest BCUT2D eigenvalue weighted by molar-refractivity contribution is 7.92. The molecule has 19 heavy (non-hydrogen) atoms. The summed E-state index contributed by atoms with van der Waals surface area (Å²) in [5.74, 6) is 5.24. The molecule has 0 aliphatic rings. The van der Waals surface area contributed by atoms with Gasteiger partial charge in [0.2, 0.25) is 5.95 Å². The van der Waals surface area contributed by atoms with Crippen LogP contribution in [0.25, 0.3) is 0 Å². The Hall–Kier alpha value is -2.26. The lowest BCUT2D eigenvalue weighted by Crippen LogP contribution is -2.16. The SMILES string of the molecule is Cc1cnccc1NS(=O)(=O)c1cnc(NN)nc1. The zero-order valence-corrected chi connectivity index (χ0v) is 10.8. The standard InChI is InChI=1S/C10H12N6O2S/c1-7-4-12-3-2-9(7)16-19(17,18)8-5-13-10(15-11)14-6-8/h2-6H,11H2,1H3,(H,12,16)(H,13,14,15). The van der Waals surface area contributed by atoms with E-state index in [0.717, 1.165) is 0 Å². The largest absolute Gasteiger partial charge is 0.292 e. The molecule has 4 N–H and O–H groups in total. The lowest BCUT2D eigenvalue weighted by molar-refractivity contribution is 0.600. The molecule has 0 amide bonds. The molecule has 2 heterocycles. The van der Waals surface area contributed by atoms with Gasteiger partial charge in [0, 0.05) is 12.4 Å². The number of nitrogens with zero attached hydrogens (tertiary/aromatic N) is 3. The first-order valence-electron chi connectivity index (χ1n) is 5.25. The Morgan fingerprint density at radius 1 is 1.21 bits per heavy atom. The van der Waals surface area contributed by atoms with Crippen LogP contribution in [0.15, 0.2) is 35.7 Å². The van der Waals surface area contributed by atoms with Gasteiger partial charge < -0.3 is 0 Å². The van der Waals surface area contributed by atoms with Gasteiger partial charge in [-0.1, -0.05) is 0 Å². The average molecular weight is 280 g/mol. The van der Waals surface area contributed by atoms with Gasteiger partial charge in [0.15, 0.2) is 0 Å². The van der Waals surface area contributed by atoms with Gasteiger partial charge in [-0.15, -0.1) is 0 Å². The van der Waals surface area contributed by atoms with Crippen molar-refractivity contribution in [1.29, 1.82) is 0 Å². The van der Waals surface area contributed by atoms with E-state index in [1.807, 2.05) is 0 Å². The summed E-state index contributed by atoms with van der Waals surface area (Å²) in [7, 11) is -3.73. The van der Waals surface area contributed by atoms with Crippen LogP contribution < -0.4 is 16.0 Å². The van der Waals surface area contributed by atoms with Gasteiger partial charge in [-0.2, -0.15) is 0 Å². The van der Waals surface area contributed by atoms with Gasteiger partial charge in [-0.3, -0.25) is 15.1 Å². The van der Waals surface area contributed by atoms with E-state index in [0.29, 0.717) is 11.3 Å². The fourth-order valence-electron chi connectivity index (χ4n) is 1.32. The van der Waals surface area contributed by atoms with Crippen LogP contribution in [0.1, 0.15) is 5.56 Å². The van der Waals surface area contributed by atoms with E-state index in [1.54, 1.807) is 19.2 Å². The van der Waals surface area contributed by atoms with E-state index in [4.69, 9.17) is 5.84 Å². The van der Waals surface area contributed by atoms with E-state index in [2.05, 4.69) is 25.1 Å². The minimum atomic E-state index is -3.73. The van der Waals surface area contributed by atoms with Crippen molar-refractivity contribution in [2.75, 3.05) is 10.1 Å². The number of hydrogen-bond donors (Lipinski definition) is 3. The zero-order valence-electron chi connectivity index (χ0n) is 10.0. The lowest BCUT2D eigenvalue weighted by Gasteiger charge is -2.09. The molecule has 2 aromatic heterocycles. The van der Waals surface area contributed by atoms with Crippen molar-refractivity contribution in [3.8, 4) is 0 Å². The van der Waals surface area contributed by atoms with E-state index in [-0.39, 0.29) is 10.8 Å². The van der Waals surface area contributed by atoms with E-state index >= 15 is 0 Å². The Bertz CT molecular complexity index is 671. The highest BCUT2D eigenvalue weighted by atomic mass is 32.2. The smallest absolute Gasteiger partial charge is 0.264 e. The highest BCUT2D eigenvalue weighted by Crippen LogP contribution is 2.17. The van der Waals surface area contributed by atoms with Gasteiger partial charge in [0.25, 0.3) is 10.0 Å². The molecule has 0 aliphatic heterocycles. The second kappa shape index (κ2) is 5.16. The van der Waals surface area contributed by atoms with Crippen LogP contribution in [0.4, 0.5) is 11.6 Å². The van der Waals surface area contributed by atoms with Crippen LogP contribution >= 0.6 is 0 Å². The number of pyridine rings is 1. The number of anilines is 2. The number of hydrazine groups is 1. The number of rotatable bonds is 4. The summed E-state index contributed by atoms with van der Waals surface area (Å²) in [6.07, 6.45) is 5.40. The molecule has 8 nitrogen and oxygen atoms in total. The third kappa shape index (κ3) is 2.95. The zero-order chi connectivity index (χ0) is 13.9. The number of aryl methyl sites for hydroxylation is 1. The summed E-state index contributed by atoms with van der Waals surface area (Å²) in [6, 6.07) is 1.57. The fourth-order valence-corrected chi connectivity index (χ4v) is 2.34. The molecule has 0 fully saturated rings. The molecular formula is C10H12N6O2S. The van der Waals surface area contributed by atoms with Crippen molar-refractivity contribution in [3.63, 3.8) is 0 Å². The Morgan fingerprint density at radius 3 is 2.47 bits per heavy atom. The molecule has 2 aromatic rings. The second-order valence-electron chi connectivity index (χ2n) is 3.68. The summed E-state index contributed by atoms with van der Waals surface area (Å²) in [5, 5.41) is 0. The van der Waals surface area contributed by atoms with Crippen molar-refractivity contribution >= 4 is 21.7 Å². The van der Waals surface area contributed by atoms with Crippen molar-refractivity contribution < 1.29 is 8.42 Å². The minimum Gasteiger partial charge on any atom is -0.292 e. The number of aromatic nitrogens is 3. The number of sulfonamides is 1. The molecular weight excluding hydrogens is 268 g/mol. The maximum absolute atomic E-state index is 12.1. The molecule has 0 unspecified atom stereocenters. The molecule has 2 rings (SSSR count). The molecule has 100 valence electrons. The van der Waals surface area contributed by atoms with Crippen LogP contribution in [0.3, 0.4) is 0 Å². The van der Waals surface area contributed by atoms with Crippen molar-refractivity contribution in [1.82, 2.24) is 15.0 Å². The molecule has 0 atom stereocenters. The molecule has 0 saturated heterocycles. The third-order valence-electron chi connectivity index (χ3n) is 2.33. The quantitative estimate of drug-likeness (QED) is 0.542. The van der Waals surface area contributed by atoms with E-state index < -0.39 is 10.0 Å². The predicted octanol–water partition coefficient (Wildman–Crippen LogP) is 0.266. The maximum Gasteiger partial charge on any atom is 0.264 e. The molecule has 0 saturated carbocycles. The van der Waals surface area contributed by atoms with Crippen LogP contribution in [0, 0.1) is 6.92 Å². The maximum atomic E-state index is 12.1. The topological polar surface area (TPSA) is 123 Å². The van der Waals surface area contributed by atoms with Gasteiger partial charge >= 0.3 is 0 Å². The highest BCUT2D eigenvalue weighted by Gasteiger charge is 2.16. The summed E-state index contributed by atoms with van der Waals surface area (Å²) < 4.78 is 26.6. The monoisotopic (exact) mass is 280 g/mol. The minimum absolute atomic E-state index is 0.0530. The summed E-state index contributed by atoms with van der Waals surface area (Å²) >= 11 is 0. The Kier molecular flexibility index (Phi) is 3.58. The van der Waals surface area contributed by atoms with Gasteiger partial charge in [-0.05, 0) is 18.6 Å². The first-order chi connectivity index (χ1) is 9.03. The second-order valence-corrected chi connectivity index (χ2v) is 5.37. The van der Waals surface area contributed by atoms with Crippen LogP contribution in [0.2, 0.25) is 0 Å². The van der Waals surface area contributed by atoms with Crippen molar-refractivity contribution in [2.24, 2.45) is 5.84 Å². The van der Waals surface area contributed by atoms with Gasteiger partial charge in [-0.25, -0.2) is 24.2 Å². The number of nitrogen functional groups attached to an aromatic ring is 1. The Labute approximate surface area is 110 Å². The first-order valence-corrected chi connectivity index (χ1v) is 6.73. The summed E-state index contributed by atoms with van der Waals surface area (Å²) in [6.45, 7) is 1.75. The predicted molar refractivity (Wildman–Crippen MR) is 69.6 cm³/mol. The van der Waals surface area contributed by atoms with E-state index in [9.17, 15) is 8.42 Å². The van der Waals surface area contributed by atoms with E-state index in [1.165, 1.54) is 18.6 Å². The number of nitrogens with one attached hydrogen (secondary N) is 2. The molecule has 0 bridgehead atoms. The third-order valence-corrected chi connectivity index (χ3v) is 3.65. The Balaban J connectivity index is 2.30. The molecule has 0 aromatic carbocycles. The number of hydrogen-bond acceptors (Lipinski definition) is 7. The average Bonchev–Trinajstić information content (AvgIpc) is 2.41. The summed E-state index contributed by atoms with van der Waals surface area (Å²) in [5.41, 5.74) is 3.39. The van der Waals surface area contributed by atoms with Crippen molar-refractivity contribution in [2.45, 2.75) is 11.8 Å². The lowest BCUT2D eigenvalue weighted by atomic mass is 10.3. The van der Waals surface area contributed by atoms with Crippen LogP contribution in [-0.4, -0.2) is 23.4 Å². The fraction of sp³-hybridized carbons (Fsp3) is 0.100. The molecule has 9 heteroatoms. The molecule has 0 spiro atoms. The van der Waals surface area contributed by atoms with Crippen LogP contribution in [0.5, 0.6) is 0 Å². The molecule has 0 aliphatic carbocycles. The van der Waals surface area contributed by atoms with Crippen molar-refractivity contribution in [3.05, 3.63) is 36.4 Å². The van der Waals surface area contributed by atoms with Crippen LogP contribution in [-0.2, 0) is 10.0 Å². The normalized spacial score (nSPS) is 11.1. The molecule has 0 radical (unpaired) electrons. The van der Waals surface area contributed by atoms with Gasteiger partial charge in [0.1, 0.15) is 4.90 Å². The Morgan fingerprint density at radius 2 is 1.89 bits per heavy atom. The summed E-state index contributed by atoms with van der Waals surface area (Å²) in [4.78, 5) is 11.3. The number of nitrogens with two attached hydrogens (primary N) is 1. The van der Waals surface area contributed by atoms with Gasteiger partial charge in [0.05, 0.1) is 18.1 Å².